The highest BCUT2D eigenvalue weighted by molar-refractivity contribution is 5.85. The molecule has 4 aromatic carbocycles. The van der Waals surface area contributed by atoms with E-state index in [-0.39, 0.29) is 38.1 Å². The molecule has 374 valence electrons. The Kier molecular flexibility index (Phi) is 17.5. The number of benzene rings is 4. The summed E-state index contributed by atoms with van der Waals surface area (Å²) in [5.41, 5.74) is 6.61. The molecule has 0 aromatic heterocycles. The Morgan fingerprint density at radius 2 is 1.07 bits per heavy atom. The summed E-state index contributed by atoms with van der Waals surface area (Å²) in [5, 5.41) is 0. The van der Waals surface area contributed by atoms with Gasteiger partial charge in [0.1, 0.15) is 23.6 Å². The Balaban J connectivity index is 1.06. The number of nitrogens with zero attached hydrogens (tertiary/aromatic N) is 2. The Morgan fingerprint density at radius 3 is 1.62 bits per heavy atom. The summed E-state index contributed by atoms with van der Waals surface area (Å²) < 4.78 is 63.9. The Hall–Kier alpha value is -6.39. The molecule has 0 spiro atoms. The smallest absolute Gasteiger partial charge is 0.306 e. The van der Waals surface area contributed by atoms with Gasteiger partial charge >= 0.3 is 11.9 Å². The van der Waals surface area contributed by atoms with Gasteiger partial charge in [0.15, 0.2) is 40.8 Å². The molecular weight excluding hydrogens is 889 g/mol. The molecule has 4 atom stereocenters. The lowest BCUT2D eigenvalue weighted by atomic mass is 9.84. The average Bonchev–Trinajstić information content (AvgIpc) is 3.37. The molecule has 0 fully saturated rings. The van der Waals surface area contributed by atoms with E-state index in [0.29, 0.717) is 98.6 Å². The maximum atomic E-state index is 13.0. The quantitative estimate of drug-likeness (QED) is 0.0299. The number of rotatable bonds is 24. The molecule has 6 rings (SSSR count). The second kappa shape index (κ2) is 23.3. The van der Waals surface area contributed by atoms with E-state index in [9.17, 15) is 14.4 Å². The fourth-order valence-corrected chi connectivity index (χ4v) is 10.3. The number of likely N-dealkylation sites (N-methyl/N-ethyl adjacent to an activating group) is 2. The first kappa shape index (κ1) is 52.0. The number of ether oxygens (including phenoxy) is 11. The van der Waals surface area contributed by atoms with Crippen molar-refractivity contribution in [3.8, 4) is 51.7 Å². The van der Waals surface area contributed by atoms with Gasteiger partial charge in [0, 0.05) is 43.2 Å². The van der Waals surface area contributed by atoms with E-state index in [1.165, 1.54) is 0 Å². The zero-order chi connectivity index (χ0) is 49.9. The largest absolute Gasteiger partial charge is 0.496 e. The van der Waals surface area contributed by atoms with Crippen LogP contribution in [0.15, 0.2) is 48.5 Å². The third kappa shape index (κ3) is 11.2. The van der Waals surface area contributed by atoms with Crippen LogP contribution < -0.4 is 42.6 Å². The first-order valence-corrected chi connectivity index (χ1v) is 23.3. The van der Waals surface area contributed by atoms with Crippen LogP contribution in [-0.4, -0.2) is 145 Å². The third-order valence-electron chi connectivity index (χ3n) is 13.9. The van der Waals surface area contributed by atoms with Gasteiger partial charge in [0.2, 0.25) is 5.75 Å². The molecule has 0 saturated heterocycles. The first-order chi connectivity index (χ1) is 33.3. The van der Waals surface area contributed by atoms with Crippen molar-refractivity contribution < 1.29 is 75.5 Å². The highest BCUT2D eigenvalue weighted by Crippen LogP contribution is 2.49. The summed E-state index contributed by atoms with van der Waals surface area (Å²) in [7, 11) is 18.8. The van der Waals surface area contributed by atoms with Gasteiger partial charge in [-0.1, -0.05) is 6.07 Å². The van der Waals surface area contributed by atoms with Gasteiger partial charge in [0.25, 0.3) is 0 Å². The zero-order valence-electron chi connectivity index (χ0n) is 42.2. The lowest BCUT2D eigenvalue weighted by molar-refractivity contribution is -0.941. The maximum Gasteiger partial charge on any atom is 0.306 e. The number of fused-ring (bicyclic) bond motifs is 2. The molecule has 0 saturated carbocycles. The van der Waals surface area contributed by atoms with Crippen molar-refractivity contribution in [3.05, 3.63) is 87.5 Å². The van der Waals surface area contributed by atoms with Crippen molar-refractivity contribution in [2.24, 2.45) is 0 Å². The van der Waals surface area contributed by atoms with Crippen LogP contribution in [0.4, 0.5) is 0 Å². The minimum Gasteiger partial charge on any atom is -0.496 e. The van der Waals surface area contributed by atoms with E-state index in [0.717, 1.165) is 65.6 Å². The number of aldehydes is 1. The number of carbonyl (C=O) groups is 3. The van der Waals surface area contributed by atoms with E-state index in [4.69, 9.17) is 52.1 Å². The fraction of sp³-hybridized carbons (Fsp3) is 0.491. The van der Waals surface area contributed by atoms with Crippen molar-refractivity contribution in [3.63, 3.8) is 0 Å². The van der Waals surface area contributed by atoms with E-state index >= 15 is 0 Å². The molecule has 0 bridgehead atoms. The zero-order valence-corrected chi connectivity index (χ0v) is 42.2. The van der Waals surface area contributed by atoms with Crippen LogP contribution >= 0.6 is 0 Å². The number of methoxy groups -OCH3 is 9. The summed E-state index contributed by atoms with van der Waals surface area (Å²) in [6.07, 6.45) is 3.89. The van der Waals surface area contributed by atoms with Crippen molar-refractivity contribution in [2.45, 2.75) is 57.0 Å². The SMILES string of the molecule is COc1ccc(CC2c3c(cc(OC)c(C=O)c3OC)CC[N+]2(C)CCCOC(=O)CCC(=O)OCCC[N+]2(C)CCc3cc(OC)c(OC)cc3C2c2cc(OC)c(OC)c(OC)c2)cc1OC. The van der Waals surface area contributed by atoms with Crippen LogP contribution in [0.1, 0.15) is 81.5 Å². The number of hydrogen-bond donors (Lipinski definition) is 0. The Bertz CT molecular complexity index is 2430. The summed E-state index contributed by atoms with van der Waals surface area (Å²) in [5.74, 6) is 4.22. The molecule has 0 amide bonds. The first-order valence-electron chi connectivity index (χ1n) is 23.3. The number of quaternary nitrogens is 2. The molecule has 4 unspecified atom stereocenters. The summed E-state index contributed by atoms with van der Waals surface area (Å²) in [4.78, 5) is 38.4. The van der Waals surface area contributed by atoms with Crippen molar-refractivity contribution >= 4 is 18.2 Å². The lowest BCUT2D eigenvalue weighted by Gasteiger charge is -2.46. The lowest BCUT2D eigenvalue weighted by Crippen LogP contribution is -2.53. The molecule has 69 heavy (non-hydrogen) atoms. The number of hydrogen-bond acceptors (Lipinski definition) is 14. The van der Waals surface area contributed by atoms with E-state index in [1.54, 1.807) is 64.0 Å². The van der Waals surface area contributed by atoms with Gasteiger partial charge in [-0.2, -0.15) is 0 Å². The molecule has 0 N–H and O–H groups in total. The highest BCUT2D eigenvalue weighted by Gasteiger charge is 2.44. The predicted molar refractivity (Wildman–Crippen MR) is 258 cm³/mol. The van der Waals surface area contributed by atoms with Gasteiger partial charge in [-0.3, -0.25) is 14.4 Å². The van der Waals surface area contributed by atoms with E-state index in [2.05, 4.69) is 14.1 Å². The standard InChI is InChI=1S/C53H70N2O14/c1-54(22-19-36-29-42(60-4)39(33-56)52(66-10)50(36)40(54)26-34-14-15-41(59-3)43(27-34)61-5)20-12-24-68-48(57)16-17-49(58)69-25-13-21-55(2)23-18-35-28-44(62-6)45(63-7)32-38(35)51(55)37-30-46(64-8)53(67-11)47(31-37)65-9/h14-15,27-33,40,51H,12-13,16-26H2,1-11H3/q+2. The Morgan fingerprint density at radius 1 is 0.565 bits per heavy atom. The second-order valence-corrected chi connectivity index (χ2v) is 17.9. The van der Waals surface area contributed by atoms with Crippen molar-refractivity contribution in [1.82, 2.24) is 0 Å². The van der Waals surface area contributed by atoms with Crippen LogP contribution in [0.5, 0.6) is 51.7 Å². The summed E-state index contributed by atoms with van der Waals surface area (Å²) in [6, 6.07) is 15.6. The van der Waals surface area contributed by atoms with Crippen molar-refractivity contribution in [1.29, 1.82) is 0 Å². The van der Waals surface area contributed by atoms with Crippen LogP contribution in [0, 0.1) is 0 Å². The highest BCUT2D eigenvalue weighted by atomic mass is 16.5. The minimum absolute atomic E-state index is 0.0890. The molecule has 0 radical (unpaired) electrons. The molecule has 16 heteroatoms. The molecule has 4 aromatic rings. The third-order valence-corrected chi connectivity index (χ3v) is 13.9. The minimum atomic E-state index is -0.463. The van der Waals surface area contributed by atoms with E-state index < -0.39 is 11.9 Å². The number of carbonyl (C=O) groups excluding carboxylic acids is 3. The van der Waals surface area contributed by atoms with Gasteiger partial charge < -0.3 is 61.1 Å². The molecular formula is C53H70N2O14+2. The van der Waals surface area contributed by atoms with Gasteiger partial charge in [-0.25, -0.2) is 0 Å². The Labute approximate surface area is 406 Å². The molecule has 2 heterocycles. The normalized spacial score (nSPS) is 19.2. The maximum absolute atomic E-state index is 13.0. The van der Waals surface area contributed by atoms with Crippen molar-refractivity contribution in [2.75, 3.05) is 117 Å². The van der Waals surface area contributed by atoms with Gasteiger partial charge in [-0.05, 0) is 59.2 Å². The van der Waals surface area contributed by atoms with E-state index in [1.807, 2.05) is 48.5 Å². The fourth-order valence-electron chi connectivity index (χ4n) is 10.3. The molecule has 16 nitrogen and oxygen atoms in total. The van der Waals surface area contributed by atoms with Crippen LogP contribution in [0.3, 0.4) is 0 Å². The van der Waals surface area contributed by atoms with Crippen LogP contribution in [0.2, 0.25) is 0 Å². The average molecular weight is 959 g/mol. The second-order valence-electron chi connectivity index (χ2n) is 17.9. The van der Waals surface area contributed by atoms with Crippen LogP contribution in [0.25, 0.3) is 0 Å². The molecule has 0 aliphatic carbocycles. The molecule has 2 aliphatic rings. The topological polar surface area (TPSA) is 153 Å². The summed E-state index contributed by atoms with van der Waals surface area (Å²) >= 11 is 0. The van der Waals surface area contributed by atoms with Crippen LogP contribution in [-0.2, 0) is 38.3 Å². The monoisotopic (exact) mass is 958 g/mol. The summed E-state index contributed by atoms with van der Waals surface area (Å²) in [6.45, 7) is 3.32. The van der Waals surface area contributed by atoms with Gasteiger partial charge in [0.05, 0.1) is 141 Å². The van der Waals surface area contributed by atoms with Gasteiger partial charge in [-0.15, -0.1) is 0 Å². The predicted octanol–water partition coefficient (Wildman–Crippen LogP) is 7.30. The molecule has 2 aliphatic heterocycles. The number of esters is 2.